The highest BCUT2D eigenvalue weighted by molar-refractivity contribution is 7.14. The smallest absolute Gasteiger partial charge is 0.275 e. The number of aromatic nitrogens is 2. The molecule has 1 aromatic carbocycles. The molecule has 0 atom stereocenters. The van der Waals surface area contributed by atoms with Crippen molar-refractivity contribution >= 4 is 33.9 Å². The summed E-state index contributed by atoms with van der Waals surface area (Å²) < 4.78 is 0. The number of hydrogen-bond acceptors (Lipinski definition) is 5. The molecule has 0 bridgehead atoms. The van der Waals surface area contributed by atoms with Crippen molar-refractivity contribution in [1.82, 2.24) is 9.97 Å². The fourth-order valence-electron chi connectivity index (χ4n) is 2.30. The molecule has 6 heteroatoms. The van der Waals surface area contributed by atoms with Gasteiger partial charge in [-0.3, -0.25) is 4.79 Å². The number of amides is 1. The summed E-state index contributed by atoms with van der Waals surface area (Å²) in [5.74, 6) is 0.955. The average molecular weight is 352 g/mol. The normalized spacial score (nSPS) is 10.7. The SMILES string of the molecule is Cc1cccc(Nc2nc(C(=O)Nc3ccc(C(C)C)cc3)cs2)n1. The first-order chi connectivity index (χ1) is 12.0. The van der Waals surface area contributed by atoms with Crippen LogP contribution >= 0.6 is 11.3 Å². The lowest BCUT2D eigenvalue weighted by atomic mass is 10.0. The summed E-state index contributed by atoms with van der Waals surface area (Å²) in [5, 5.41) is 8.36. The molecule has 3 rings (SSSR count). The van der Waals surface area contributed by atoms with Crippen LogP contribution in [0.5, 0.6) is 0 Å². The second-order valence-corrected chi connectivity index (χ2v) is 6.92. The molecule has 25 heavy (non-hydrogen) atoms. The lowest BCUT2D eigenvalue weighted by molar-refractivity contribution is 0.102. The van der Waals surface area contributed by atoms with Crippen molar-refractivity contribution < 1.29 is 4.79 Å². The molecule has 0 spiro atoms. The fraction of sp³-hybridized carbons (Fsp3) is 0.211. The maximum Gasteiger partial charge on any atom is 0.275 e. The van der Waals surface area contributed by atoms with Crippen LogP contribution in [0.3, 0.4) is 0 Å². The Kier molecular flexibility index (Phi) is 5.09. The standard InChI is InChI=1S/C19H20N4OS/c1-12(2)14-7-9-15(10-8-14)21-18(24)16-11-25-19(22-16)23-17-6-4-5-13(3)20-17/h4-12H,1-3H3,(H,21,24)(H,20,22,23). The monoisotopic (exact) mass is 352 g/mol. The van der Waals surface area contributed by atoms with E-state index in [1.54, 1.807) is 5.38 Å². The number of aryl methyl sites for hydroxylation is 1. The Bertz CT molecular complexity index is 871. The van der Waals surface area contributed by atoms with Crippen molar-refractivity contribution in [2.45, 2.75) is 26.7 Å². The minimum Gasteiger partial charge on any atom is -0.321 e. The van der Waals surface area contributed by atoms with E-state index in [9.17, 15) is 4.79 Å². The van der Waals surface area contributed by atoms with E-state index in [-0.39, 0.29) is 5.91 Å². The Morgan fingerprint density at radius 3 is 2.52 bits per heavy atom. The topological polar surface area (TPSA) is 66.9 Å². The molecule has 2 heterocycles. The third-order valence-corrected chi connectivity index (χ3v) is 4.45. The molecule has 1 amide bonds. The average Bonchev–Trinajstić information content (AvgIpc) is 3.04. The van der Waals surface area contributed by atoms with Crippen molar-refractivity contribution in [1.29, 1.82) is 0 Å². The molecule has 2 aromatic heterocycles. The molecule has 0 fully saturated rings. The van der Waals surface area contributed by atoms with Crippen LogP contribution < -0.4 is 10.6 Å². The van der Waals surface area contributed by atoms with Crippen LogP contribution in [0.2, 0.25) is 0 Å². The van der Waals surface area contributed by atoms with Crippen molar-refractivity contribution in [3.05, 3.63) is 64.8 Å². The van der Waals surface area contributed by atoms with E-state index in [4.69, 9.17) is 0 Å². The van der Waals surface area contributed by atoms with Gasteiger partial charge in [0.15, 0.2) is 5.13 Å². The predicted molar refractivity (Wildman–Crippen MR) is 103 cm³/mol. The number of carbonyl (C=O) groups is 1. The summed E-state index contributed by atoms with van der Waals surface area (Å²) in [7, 11) is 0. The molecule has 0 saturated carbocycles. The quantitative estimate of drug-likeness (QED) is 0.680. The number of rotatable bonds is 5. The number of pyridine rings is 1. The highest BCUT2D eigenvalue weighted by Gasteiger charge is 2.12. The molecular weight excluding hydrogens is 332 g/mol. The zero-order valence-corrected chi connectivity index (χ0v) is 15.2. The van der Waals surface area contributed by atoms with Crippen molar-refractivity contribution in [3.63, 3.8) is 0 Å². The van der Waals surface area contributed by atoms with Gasteiger partial charge in [0.1, 0.15) is 11.5 Å². The van der Waals surface area contributed by atoms with Crippen LogP contribution in [0, 0.1) is 6.92 Å². The molecule has 0 aliphatic carbocycles. The van der Waals surface area contributed by atoms with Crippen LogP contribution in [0.25, 0.3) is 0 Å². The molecule has 5 nitrogen and oxygen atoms in total. The summed E-state index contributed by atoms with van der Waals surface area (Å²) in [6.07, 6.45) is 0. The number of nitrogens with one attached hydrogen (secondary N) is 2. The first-order valence-electron chi connectivity index (χ1n) is 8.09. The number of nitrogens with zero attached hydrogens (tertiary/aromatic N) is 2. The van der Waals surface area contributed by atoms with Crippen molar-refractivity contribution in [2.75, 3.05) is 10.6 Å². The van der Waals surface area contributed by atoms with Gasteiger partial charge in [-0.2, -0.15) is 0 Å². The Balaban J connectivity index is 1.66. The van der Waals surface area contributed by atoms with E-state index in [0.717, 1.165) is 11.4 Å². The summed E-state index contributed by atoms with van der Waals surface area (Å²) in [4.78, 5) is 21.0. The molecule has 0 aliphatic heterocycles. The maximum absolute atomic E-state index is 12.3. The van der Waals surface area contributed by atoms with Gasteiger partial charge in [0, 0.05) is 16.8 Å². The molecule has 0 saturated heterocycles. The second-order valence-electron chi connectivity index (χ2n) is 6.06. The molecule has 0 unspecified atom stereocenters. The minimum absolute atomic E-state index is 0.223. The number of hydrogen-bond donors (Lipinski definition) is 2. The Morgan fingerprint density at radius 1 is 1.08 bits per heavy atom. The van der Waals surface area contributed by atoms with E-state index in [1.165, 1.54) is 16.9 Å². The molecule has 3 aromatic rings. The first kappa shape index (κ1) is 17.1. The van der Waals surface area contributed by atoms with Gasteiger partial charge in [0.25, 0.3) is 5.91 Å². The van der Waals surface area contributed by atoms with Gasteiger partial charge in [-0.05, 0) is 42.7 Å². The van der Waals surface area contributed by atoms with Gasteiger partial charge in [0.2, 0.25) is 0 Å². The third kappa shape index (κ3) is 4.42. The predicted octanol–water partition coefficient (Wildman–Crippen LogP) is 4.97. The highest BCUT2D eigenvalue weighted by atomic mass is 32.1. The van der Waals surface area contributed by atoms with E-state index in [2.05, 4.69) is 34.4 Å². The molecule has 2 N–H and O–H groups in total. The van der Waals surface area contributed by atoms with E-state index in [1.807, 2.05) is 49.4 Å². The zero-order valence-electron chi connectivity index (χ0n) is 14.4. The van der Waals surface area contributed by atoms with Gasteiger partial charge in [-0.1, -0.05) is 32.0 Å². The highest BCUT2D eigenvalue weighted by Crippen LogP contribution is 2.21. The van der Waals surface area contributed by atoms with Crippen LogP contribution in [-0.4, -0.2) is 15.9 Å². The molecule has 128 valence electrons. The summed E-state index contributed by atoms with van der Waals surface area (Å²) in [5.41, 5.74) is 3.30. The Morgan fingerprint density at radius 2 is 1.84 bits per heavy atom. The lowest BCUT2D eigenvalue weighted by Gasteiger charge is -2.07. The number of anilines is 3. The zero-order chi connectivity index (χ0) is 17.8. The second kappa shape index (κ2) is 7.44. The van der Waals surface area contributed by atoms with Crippen LogP contribution in [0.1, 0.15) is 41.5 Å². The van der Waals surface area contributed by atoms with E-state index >= 15 is 0 Å². The fourth-order valence-corrected chi connectivity index (χ4v) is 3.00. The van der Waals surface area contributed by atoms with E-state index in [0.29, 0.717) is 22.6 Å². The van der Waals surface area contributed by atoms with Gasteiger partial charge in [-0.15, -0.1) is 11.3 Å². The van der Waals surface area contributed by atoms with Crippen LogP contribution in [-0.2, 0) is 0 Å². The largest absolute Gasteiger partial charge is 0.321 e. The van der Waals surface area contributed by atoms with Gasteiger partial charge in [-0.25, -0.2) is 9.97 Å². The number of carbonyl (C=O) groups excluding carboxylic acids is 1. The number of benzene rings is 1. The van der Waals surface area contributed by atoms with Crippen molar-refractivity contribution in [3.8, 4) is 0 Å². The van der Waals surface area contributed by atoms with Gasteiger partial charge >= 0.3 is 0 Å². The molecular formula is C19H20N4OS. The minimum atomic E-state index is -0.223. The first-order valence-corrected chi connectivity index (χ1v) is 8.97. The maximum atomic E-state index is 12.3. The lowest BCUT2D eigenvalue weighted by Crippen LogP contribution is -2.12. The Hall–Kier alpha value is -2.73. The third-order valence-electron chi connectivity index (χ3n) is 3.70. The summed E-state index contributed by atoms with van der Waals surface area (Å²) >= 11 is 1.37. The van der Waals surface area contributed by atoms with Crippen LogP contribution in [0.15, 0.2) is 47.8 Å². The molecule has 0 radical (unpaired) electrons. The molecule has 0 aliphatic rings. The van der Waals surface area contributed by atoms with Crippen molar-refractivity contribution in [2.24, 2.45) is 0 Å². The van der Waals surface area contributed by atoms with E-state index < -0.39 is 0 Å². The number of thiazole rings is 1. The summed E-state index contributed by atoms with van der Waals surface area (Å²) in [6.45, 7) is 6.21. The van der Waals surface area contributed by atoms with Gasteiger partial charge in [0.05, 0.1) is 0 Å². The summed E-state index contributed by atoms with van der Waals surface area (Å²) in [6, 6.07) is 13.6. The Labute approximate surface area is 151 Å². The van der Waals surface area contributed by atoms with Crippen LogP contribution in [0.4, 0.5) is 16.6 Å². The van der Waals surface area contributed by atoms with Gasteiger partial charge < -0.3 is 10.6 Å².